The summed E-state index contributed by atoms with van der Waals surface area (Å²) in [5.41, 5.74) is -0.402. The lowest BCUT2D eigenvalue weighted by Gasteiger charge is -2.24. The zero-order valence-electron chi connectivity index (χ0n) is 12.5. The Morgan fingerprint density at radius 1 is 1.32 bits per heavy atom. The van der Waals surface area contributed by atoms with Crippen LogP contribution in [-0.4, -0.2) is 27.4 Å². The fourth-order valence-corrected chi connectivity index (χ4v) is 2.22. The van der Waals surface area contributed by atoms with E-state index in [4.69, 9.17) is 0 Å². The average Bonchev–Trinajstić information content (AvgIpc) is 2.86. The van der Waals surface area contributed by atoms with Gasteiger partial charge in [-0.2, -0.15) is 10.4 Å². The van der Waals surface area contributed by atoms with Gasteiger partial charge in [-0.3, -0.25) is 0 Å². The second kappa shape index (κ2) is 7.25. The van der Waals surface area contributed by atoms with E-state index in [9.17, 15) is 5.26 Å². The number of nitrogens with one attached hydrogen (secondary N) is 1. The third kappa shape index (κ3) is 3.77. The third-order valence-electron chi connectivity index (χ3n) is 3.69. The summed E-state index contributed by atoms with van der Waals surface area (Å²) < 4.78 is 1.99. The molecular weight excluding hydrogens is 238 g/mol. The molecule has 1 unspecified atom stereocenters. The van der Waals surface area contributed by atoms with E-state index in [0.717, 1.165) is 50.3 Å². The SMILES string of the molecule is CCc1nc(CC)n(CCCC(C#N)(CC)NC)n1. The van der Waals surface area contributed by atoms with Crippen LogP contribution in [0, 0.1) is 11.3 Å². The first-order valence-electron chi connectivity index (χ1n) is 7.17. The fourth-order valence-electron chi connectivity index (χ4n) is 2.22. The zero-order valence-corrected chi connectivity index (χ0v) is 12.5. The summed E-state index contributed by atoms with van der Waals surface area (Å²) in [6.45, 7) is 7.04. The van der Waals surface area contributed by atoms with E-state index in [1.54, 1.807) is 0 Å². The predicted molar refractivity (Wildman–Crippen MR) is 75.7 cm³/mol. The molecule has 5 heteroatoms. The molecule has 1 rings (SSSR count). The lowest BCUT2D eigenvalue weighted by molar-refractivity contribution is 0.373. The number of aryl methyl sites for hydroxylation is 3. The molecule has 0 aliphatic rings. The minimum atomic E-state index is -0.402. The minimum absolute atomic E-state index is 0.402. The van der Waals surface area contributed by atoms with E-state index in [-0.39, 0.29) is 0 Å². The van der Waals surface area contributed by atoms with Gasteiger partial charge in [0.05, 0.1) is 6.07 Å². The average molecular weight is 263 g/mol. The highest BCUT2D eigenvalue weighted by molar-refractivity contribution is 5.05. The Hall–Kier alpha value is -1.41. The maximum absolute atomic E-state index is 9.27. The van der Waals surface area contributed by atoms with Crippen molar-refractivity contribution in [3.8, 4) is 6.07 Å². The highest BCUT2D eigenvalue weighted by atomic mass is 15.3. The maximum Gasteiger partial charge on any atom is 0.150 e. The van der Waals surface area contributed by atoms with Crippen molar-refractivity contribution in [1.82, 2.24) is 20.1 Å². The minimum Gasteiger partial charge on any atom is -0.302 e. The Labute approximate surface area is 116 Å². The van der Waals surface area contributed by atoms with Gasteiger partial charge in [0.1, 0.15) is 11.4 Å². The standard InChI is InChI=1S/C14H25N5/c1-5-12-17-13(6-2)19(18-12)10-8-9-14(7-3,11-15)16-4/h16H,5-10H2,1-4H3. The summed E-state index contributed by atoms with van der Waals surface area (Å²) >= 11 is 0. The quantitative estimate of drug-likeness (QED) is 0.779. The number of nitrogens with zero attached hydrogens (tertiary/aromatic N) is 4. The molecule has 0 aromatic carbocycles. The normalized spacial score (nSPS) is 14.1. The summed E-state index contributed by atoms with van der Waals surface area (Å²) in [7, 11) is 1.86. The first kappa shape index (κ1) is 15.6. The predicted octanol–water partition coefficient (Wildman–Crippen LogP) is 2.07. The molecule has 0 spiro atoms. The van der Waals surface area contributed by atoms with Gasteiger partial charge in [0, 0.05) is 19.4 Å². The van der Waals surface area contributed by atoms with Crippen LogP contribution in [0.5, 0.6) is 0 Å². The van der Waals surface area contributed by atoms with Gasteiger partial charge in [-0.25, -0.2) is 9.67 Å². The molecule has 0 aliphatic carbocycles. The van der Waals surface area contributed by atoms with Crippen molar-refractivity contribution in [2.45, 2.75) is 65.0 Å². The van der Waals surface area contributed by atoms with Gasteiger partial charge in [0.2, 0.25) is 0 Å². The van der Waals surface area contributed by atoms with Crippen molar-refractivity contribution in [3.63, 3.8) is 0 Å². The first-order chi connectivity index (χ1) is 9.14. The lowest BCUT2D eigenvalue weighted by Crippen LogP contribution is -2.40. The number of hydrogen-bond donors (Lipinski definition) is 1. The molecule has 0 saturated carbocycles. The van der Waals surface area contributed by atoms with E-state index in [2.05, 4.69) is 35.3 Å². The molecule has 106 valence electrons. The van der Waals surface area contributed by atoms with Crippen molar-refractivity contribution >= 4 is 0 Å². The van der Waals surface area contributed by atoms with Crippen LogP contribution in [0.3, 0.4) is 0 Å². The number of nitriles is 1. The third-order valence-corrected chi connectivity index (χ3v) is 3.69. The van der Waals surface area contributed by atoms with Gasteiger partial charge >= 0.3 is 0 Å². The molecule has 1 aromatic rings. The lowest BCUT2D eigenvalue weighted by atomic mass is 9.92. The molecule has 0 bridgehead atoms. The Bertz CT molecular complexity index is 426. The van der Waals surface area contributed by atoms with Gasteiger partial charge in [0.25, 0.3) is 0 Å². The molecule has 5 nitrogen and oxygen atoms in total. The Balaban J connectivity index is 2.62. The molecule has 0 amide bonds. The molecule has 0 aliphatic heterocycles. The molecule has 1 atom stereocenters. The second-order valence-corrected chi connectivity index (χ2v) is 4.78. The summed E-state index contributed by atoms with van der Waals surface area (Å²) in [5.74, 6) is 1.95. The molecule has 1 N–H and O–H groups in total. The number of aromatic nitrogens is 3. The Morgan fingerprint density at radius 3 is 2.53 bits per heavy atom. The van der Waals surface area contributed by atoms with Crippen LogP contribution in [0.25, 0.3) is 0 Å². The van der Waals surface area contributed by atoms with Crippen LogP contribution in [0.15, 0.2) is 0 Å². The van der Waals surface area contributed by atoms with Crippen molar-refractivity contribution in [2.75, 3.05) is 7.05 Å². The Morgan fingerprint density at radius 2 is 2.05 bits per heavy atom. The number of hydrogen-bond acceptors (Lipinski definition) is 4. The molecule has 0 radical (unpaired) electrons. The topological polar surface area (TPSA) is 66.5 Å². The fraction of sp³-hybridized carbons (Fsp3) is 0.786. The van der Waals surface area contributed by atoms with Crippen LogP contribution >= 0.6 is 0 Å². The van der Waals surface area contributed by atoms with Crippen molar-refractivity contribution in [1.29, 1.82) is 5.26 Å². The molecule has 0 fully saturated rings. The summed E-state index contributed by atoms with van der Waals surface area (Å²) in [4.78, 5) is 4.49. The molecule has 1 heterocycles. The van der Waals surface area contributed by atoms with Gasteiger partial charge in [-0.1, -0.05) is 20.8 Å². The molecule has 19 heavy (non-hydrogen) atoms. The first-order valence-corrected chi connectivity index (χ1v) is 7.17. The van der Waals surface area contributed by atoms with E-state index in [1.165, 1.54) is 0 Å². The van der Waals surface area contributed by atoms with Crippen LogP contribution in [-0.2, 0) is 19.4 Å². The van der Waals surface area contributed by atoms with Gasteiger partial charge < -0.3 is 5.32 Å². The van der Waals surface area contributed by atoms with E-state index in [0.29, 0.717) is 0 Å². The monoisotopic (exact) mass is 263 g/mol. The van der Waals surface area contributed by atoms with Gasteiger partial charge in [-0.05, 0) is 26.3 Å². The van der Waals surface area contributed by atoms with Crippen LogP contribution < -0.4 is 5.32 Å². The highest BCUT2D eigenvalue weighted by Crippen LogP contribution is 2.16. The van der Waals surface area contributed by atoms with E-state index >= 15 is 0 Å². The zero-order chi connectivity index (χ0) is 14.3. The summed E-state index contributed by atoms with van der Waals surface area (Å²) in [6.07, 6.45) is 4.35. The van der Waals surface area contributed by atoms with Crippen molar-refractivity contribution < 1.29 is 0 Å². The van der Waals surface area contributed by atoms with Crippen molar-refractivity contribution in [3.05, 3.63) is 11.6 Å². The smallest absolute Gasteiger partial charge is 0.150 e. The van der Waals surface area contributed by atoms with E-state index < -0.39 is 5.54 Å². The second-order valence-electron chi connectivity index (χ2n) is 4.78. The summed E-state index contributed by atoms with van der Waals surface area (Å²) in [5, 5.41) is 16.9. The van der Waals surface area contributed by atoms with E-state index in [1.807, 2.05) is 18.7 Å². The Kier molecular flexibility index (Phi) is 5.97. The van der Waals surface area contributed by atoms with Crippen molar-refractivity contribution in [2.24, 2.45) is 0 Å². The number of rotatable bonds is 8. The molecular formula is C14H25N5. The van der Waals surface area contributed by atoms with Crippen LogP contribution in [0.2, 0.25) is 0 Å². The highest BCUT2D eigenvalue weighted by Gasteiger charge is 2.24. The van der Waals surface area contributed by atoms with Crippen LogP contribution in [0.1, 0.15) is 51.7 Å². The largest absolute Gasteiger partial charge is 0.302 e. The van der Waals surface area contributed by atoms with Gasteiger partial charge in [0.15, 0.2) is 5.82 Å². The molecule has 0 saturated heterocycles. The van der Waals surface area contributed by atoms with Gasteiger partial charge in [-0.15, -0.1) is 0 Å². The van der Waals surface area contributed by atoms with Crippen LogP contribution in [0.4, 0.5) is 0 Å². The maximum atomic E-state index is 9.27. The molecule has 1 aromatic heterocycles. The summed E-state index contributed by atoms with van der Waals surface area (Å²) in [6, 6.07) is 2.39.